The third-order valence-corrected chi connectivity index (χ3v) is 3.17. The lowest BCUT2D eigenvalue weighted by atomic mass is 9.87. The maximum atomic E-state index is 11.2. The Balaban J connectivity index is 2.36. The maximum absolute atomic E-state index is 11.2. The van der Waals surface area contributed by atoms with Crippen LogP contribution in [0.2, 0.25) is 0 Å². The number of rotatable bonds is 4. The molecule has 0 spiro atoms. The average molecular weight is 214 g/mol. The van der Waals surface area contributed by atoms with Gasteiger partial charge in [-0.25, -0.2) is 0 Å². The minimum atomic E-state index is -0.643. The van der Waals surface area contributed by atoms with E-state index >= 15 is 0 Å². The zero-order valence-electron chi connectivity index (χ0n) is 10.0. The predicted octanol–water partition coefficient (Wildman–Crippen LogP) is 2.27. The van der Waals surface area contributed by atoms with E-state index in [2.05, 4.69) is 13.8 Å². The number of carbonyl (C=O) groups is 1. The molecule has 0 aliphatic heterocycles. The van der Waals surface area contributed by atoms with Gasteiger partial charge in [0, 0.05) is 6.42 Å². The number of hydrogen-bond acceptors (Lipinski definition) is 3. The second-order valence-corrected chi connectivity index (χ2v) is 5.37. The first-order valence-electron chi connectivity index (χ1n) is 5.75. The normalized spacial score (nSPS) is 29.1. The summed E-state index contributed by atoms with van der Waals surface area (Å²) in [6.07, 6.45) is 3.50. The highest BCUT2D eigenvalue weighted by Crippen LogP contribution is 2.45. The molecule has 0 radical (unpaired) electrons. The van der Waals surface area contributed by atoms with Gasteiger partial charge < -0.3 is 9.84 Å². The number of hydrogen-bond donors (Lipinski definition) is 1. The molecule has 1 aliphatic rings. The fourth-order valence-corrected chi connectivity index (χ4v) is 2.42. The Labute approximate surface area is 91.8 Å². The summed E-state index contributed by atoms with van der Waals surface area (Å²) in [6.45, 7) is 6.54. The van der Waals surface area contributed by atoms with Gasteiger partial charge in [0.2, 0.25) is 0 Å². The van der Waals surface area contributed by atoms with Gasteiger partial charge in [-0.3, -0.25) is 4.79 Å². The molecule has 3 heteroatoms. The molecule has 1 N–H and O–H groups in total. The monoisotopic (exact) mass is 214 g/mol. The first kappa shape index (κ1) is 12.5. The van der Waals surface area contributed by atoms with Gasteiger partial charge in [-0.1, -0.05) is 13.8 Å². The topological polar surface area (TPSA) is 46.5 Å². The van der Waals surface area contributed by atoms with Gasteiger partial charge in [0.05, 0.1) is 12.2 Å². The third-order valence-electron chi connectivity index (χ3n) is 3.17. The smallest absolute Gasteiger partial charge is 0.305 e. The molecule has 0 amide bonds. The molecule has 88 valence electrons. The summed E-state index contributed by atoms with van der Waals surface area (Å²) in [4.78, 5) is 11.2. The Hall–Kier alpha value is -0.570. The van der Waals surface area contributed by atoms with Crippen molar-refractivity contribution in [3.63, 3.8) is 0 Å². The molecule has 0 aromatic rings. The highest BCUT2D eigenvalue weighted by atomic mass is 16.5. The molecule has 0 bridgehead atoms. The van der Waals surface area contributed by atoms with Crippen LogP contribution >= 0.6 is 0 Å². The molecule has 0 aromatic heterocycles. The first-order valence-corrected chi connectivity index (χ1v) is 5.75. The molecule has 15 heavy (non-hydrogen) atoms. The van der Waals surface area contributed by atoms with Crippen LogP contribution in [0.15, 0.2) is 0 Å². The second-order valence-electron chi connectivity index (χ2n) is 5.37. The lowest BCUT2D eigenvalue weighted by molar-refractivity contribution is -0.144. The van der Waals surface area contributed by atoms with Crippen molar-refractivity contribution in [1.82, 2.24) is 0 Å². The van der Waals surface area contributed by atoms with Gasteiger partial charge in [-0.15, -0.1) is 0 Å². The van der Waals surface area contributed by atoms with E-state index < -0.39 is 5.60 Å². The SMILES string of the molecule is CCOC(=O)CCC1(O)CCC(C)(C)C1. The lowest BCUT2D eigenvalue weighted by Crippen LogP contribution is -2.27. The van der Waals surface area contributed by atoms with Crippen LogP contribution in [0.1, 0.15) is 52.9 Å². The van der Waals surface area contributed by atoms with E-state index in [9.17, 15) is 9.90 Å². The zero-order valence-corrected chi connectivity index (χ0v) is 10.0. The van der Waals surface area contributed by atoms with Crippen LogP contribution < -0.4 is 0 Å². The van der Waals surface area contributed by atoms with E-state index in [1.54, 1.807) is 6.92 Å². The lowest BCUT2D eigenvalue weighted by Gasteiger charge is -2.24. The molecule has 0 aromatic carbocycles. The molecule has 0 heterocycles. The molecular weight excluding hydrogens is 192 g/mol. The summed E-state index contributed by atoms with van der Waals surface area (Å²) in [5.74, 6) is -0.198. The van der Waals surface area contributed by atoms with Crippen molar-refractivity contribution in [1.29, 1.82) is 0 Å². The van der Waals surface area contributed by atoms with E-state index in [4.69, 9.17) is 4.74 Å². The zero-order chi connectivity index (χ0) is 11.5. The quantitative estimate of drug-likeness (QED) is 0.730. The number of ether oxygens (including phenoxy) is 1. The van der Waals surface area contributed by atoms with Gasteiger partial charge in [0.1, 0.15) is 0 Å². The van der Waals surface area contributed by atoms with Crippen molar-refractivity contribution in [2.75, 3.05) is 6.61 Å². The summed E-state index contributed by atoms with van der Waals surface area (Å²) in [5, 5.41) is 10.2. The van der Waals surface area contributed by atoms with Crippen LogP contribution in [-0.4, -0.2) is 23.3 Å². The molecule has 1 rings (SSSR count). The molecule has 1 saturated carbocycles. The molecule has 1 aliphatic carbocycles. The van der Waals surface area contributed by atoms with Crippen LogP contribution in [0, 0.1) is 5.41 Å². The third kappa shape index (κ3) is 3.82. The summed E-state index contributed by atoms with van der Waals surface area (Å²) in [7, 11) is 0. The number of carbonyl (C=O) groups excluding carboxylic acids is 1. The van der Waals surface area contributed by atoms with Crippen LogP contribution in [-0.2, 0) is 9.53 Å². The van der Waals surface area contributed by atoms with Gasteiger partial charge in [-0.05, 0) is 38.0 Å². The molecular formula is C12H22O3. The number of esters is 1. The average Bonchev–Trinajstić information content (AvgIpc) is 2.39. The van der Waals surface area contributed by atoms with Crippen molar-refractivity contribution in [2.45, 2.75) is 58.5 Å². The Morgan fingerprint density at radius 1 is 1.40 bits per heavy atom. The molecule has 1 unspecified atom stereocenters. The van der Waals surface area contributed by atoms with Crippen LogP contribution in [0.25, 0.3) is 0 Å². The van der Waals surface area contributed by atoms with E-state index in [0.717, 1.165) is 19.3 Å². The number of aliphatic hydroxyl groups is 1. The van der Waals surface area contributed by atoms with Crippen LogP contribution in [0.4, 0.5) is 0 Å². The van der Waals surface area contributed by atoms with Gasteiger partial charge in [0.25, 0.3) is 0 Å². The van der Waals surface area contributed by atoms with Crippen molar-refractivity contribution in [3.8, 4) is 0 Å². The highest BCUT2D eigenvalue weighted by molar-refractivity contribution is 5.69. The summed E-state index contributed by atoms with van der Waals surface area (Å²) in [6, 6.07) is 0. The maximum Gasteiger partial charge on any atom is 0.305 e. The van der Waals surface area contributed by atoms with Crippen molar-refractivity contribution in [2.24, 2.45) is 5.41 Å². The Kier molecular flexibility index (Phi) is 3.77. The highest BCUT2D eigenvalue weighted by Gasteiger charge is 2.41. The van der Waals surface area contributed by atoms with Gasteiger partial charge in [0.15, 0.2) is 0 Å². The van der Waals surface area contributed by atoms with Crippen molar-refractivity contribution >= 4 is 5.97 Å². The predicted molar refractivity (Wildman–Crippen MR) is 58.4 cm³/mol. The first-order chi connectivity index (χ1) is 6.87. The summed E-state index contributed by atoms with van der Waals surface area (Å²) in [5.41, 5.74) is -0.431. The largest absolute Gasteiger partial charge is 0.466 e. The van der Waals surface area contributed by atoms with Crippen molar-refractivity contribution < 1.29 is 14.6 Å². The minimum Gasteiger partial charge on any atom is -0.466 e. The standard InChI is InChI=1S/C12H22O3/c1-4-15-10(13)5-6-12(14)8-7-11(2,3)9-12/h14H,4-9H2,1-3H3. The van der Waals surface area contributed by atoms with E-state index in [1.807, 2.05) is 0 Å². The minimum absolute atomic E-state index is 0.198. The van der Waals surface area contributed by atoms with Crippen LogP contribution in [0.5, 0.6) is 0 Å². The molecule has 0 saturated heterocycles. The molecule has 1 fully saturated rings. The molecule has 3 nitrogen and oxygen atoms in total. The Bertz CT molecular complexity index is 235. The molecule has 1 atom stereocenters. The Morgan fingerprint density at radius 2 is 2.07 bits per heavy atom. The van der Waals surface area contributed by atoms with E-state index in [0.29, 0.717) is 19.4 Å². The van der Waals surface area contributed by atoms with Crippen LogP contribution in [0.3, 0.4) is 0 Å². The fourth-order valence-electron chi connectivity index (χ4n) is 2.42. The summed E-state index contributed by atoms with van der Waals surface area (Å²) >= 11 is 0. The Morgan fingerprint density at radius 3 is 2.53 bits per heavy atom. The van der Waals surface area contributed by atoms with Gasteiger partial charge >= 0.3 is 5.97 Å². The van der Waals surface area contributed by atoms with E-state index in [-0.39, 0.29) is 11.4 Å². The second kappa shape index (κ2) is 4.52. The summed E-state index contributed by atoms with van der Waals surface area (Å²) < 4.78 is 4.85. The van der Waals surface area contributed by atoms with Gasteiger partial charge in [-0.2, -0.15) is 0 Å². The van der Waals surface area contributed by atoms with Crippen molar-refractivity contribution in [3.05, 3.63) is 0 Å². The van der Waals surface area contributed by atoms with E-state index in [1.165, 1.54) is 0 Å². The fraction of sp³-hybridized carbons (Fsp3) is 0.917.